The molecular weight excluding hydrogens is 928 g/mol. The molecule has 3 rings (SSSR count). The molecule has 3 aliphatic heterocycles. The molecule has 0 aliphatic carbocycles. The van der Waals surface area contributed by atoms with Gasteiger partial charge in [0.2, 0.25) is 37.5 Å². The molecule has 0 spiro atoms. The molecule has 2 saturated heterocycles. The number of aliphatic carboxylic acids is 2. The topological polar surface area (TPSA) is 456 Å². The van der Waals surface area contributed by atoms with Gasteiger partial charge in [0.1, 0.15) is 66.6 Å². The minimum atomic E-state index is -5.83. The van der Waals surface area contributed by atoms with E-state index in [0.29, 0.717) is 0 Å². The molecule has 0 bridgehead atoms. The molecule has 0 aromatic rings. The van der Waals surface area contributed by atoms with Crippen LogP contribution in [-0.4, -0.2) is 166 Å². The third-order valence-electron chi connectivity index (χ3n) is 6.44. The molecule has 3 heterocycles. The van der Waals surface area contributed by atoms with E-state index in [0.717, 1.165) is 0 Å². The number of ether oxygens (including phenoxy) is 5. The Hall–Kier alpha value is 3.68. The fraction of sp³-hybridized carbons (Fsp3) is 0.778. The summed E-state index contributed by atoms with van der Waals surface area (Å²) >= 11 is 0. The largest absolute Gasteiger partial charge is 1.00 e. The molecular formula is C18H21NNa6O27S4. The molecule has 4 N–H and O–H groups in total. The zero-order valence-electron chi connectivity index (χ0n) is 29.7. The van der Waals surface area contributed by atoms with Gasteiger partial charge >= 0.3 is 177 Å². The van der Waals surface area contributed by atoms with Crippen LogP contribution in [0.3, 0.4) is 0 Å². The van der Waals surface area contributed by atoms with Gasteiger partial charge in [-0.2, -0.15) is 0 Å². The molecule has 28 nitrogen and oxygen atoms in total. The Balaban J connectivity index is -0.00000225. The third kappa shape index (κ3) is 21.1. The Labute approximate surface area is 450 Å². The second-order valence-electron chi connectivity index (χ2n) is 9.90. The first-order valence-electron chi connectivity index (χ1n) is 12.7. The maximum atomic E-state index is 11.7. The average Bonchev–Trinajstić information content (AvgIpc) is 2.92. The zero-order chi connectivity index (χ0) is 38.1. The van der Waals surface area contributed by atoms with Crippen molar-refractivity contribution >= 4 is 53.4 Å². The molecule has 290 valence electrons. The second-order valence-corrected chi connectivity index (χ2v) is 14.1. The van der Waals surface area contributed by atoms with E-state index in [4.69, 9.17) is 23.7 Å². The van der Waals surface area contributed by atoms with Crippen molar-refractivity contribution in [2.45, 2.75) is 73.6 Å². The van der Waals surface area contributed by atoms with E-state index < -0.39 is 146 Å². The molecule has 2 fully saturated rings. The van der Waals surface area contributed by atoms with Crippen LogP contribution in [0.25, 0.3) is 0 Å². The molecule has 5 unspecified atom stereocenters. The van der Waals surface area contributed by atoms with Gasteiger partial charge in [-0.1, -0.05) is 0 Å². The Morgan fingerprint density at radius 1 is 0.750 bits per heavy atom. The first-order valence-corrected chi connectivity index (χ1v) is 18.1. The summed E-state index contributed by atoms with van der Waals surface area (Å²) in [4.78, 5) is 23.1. The Kier molecular flexibility index (Phi) is 32.2. The van der Waals surface area contributed by atoms with Gasteiger partial charge in [-0.25, -0.2) is 38.4 Å². The van der Waals surface area contributed by atoms with Gasteiger partial charge in [-0.15, -0.1) is 0 Å². The maximum Gasteiger partial charge on any atom is 1.00 e. The van der Waals surface area contributed by atoms with Crippen molar-refractivity contribution in [1.29, 1.82) is 0 Å². The molecule has 0 aromatic carbocycles. The van der Waals surface area contributed by atoms with Gasteiger partial charge in [-0.3, -0.25) is 12.5 Å². The molecule has 0 saturated carbocycles. The van der Waals surface area contributed by atoms with E-state index in [1.165, 1.54) is 4.72 Å². The number of hydrogen-bond donors (Lipinski definition) is 4. The predicted octanol–water partition coefficient (Wildman–Crippen LogP) is -28.7. The molecule has 12 atom stereocenters. The zero-order valence-corrected chi connectivity index (χ0v) is 45.0. The first kappa shape index (κ1) is 66.3. The molecule has 3 aliphatic rings. The van der Waals surface area contributed by atoms with Gasteiger partial charge in [-0.05, 0) is 6.08 Å². The van der Waals surface area contributed by atoms with Crippen LogP contribution in [0.2, 0.25) is 0 Å². The summed E-state index contributed by atoms with van der Waals surface area (Å²) in [5, 5.41) is 55.0. The average molecular weight is 950 g/mol. The van der Waals surface area contributed by atoms with E-state index in [1.54, 1.807) is 0 Å². The van der Waals surface area contributed by atoms with Crippen molar-refractivity contribution in [3.63, 3.8) is 0 Å². The number of hydrogen-bond acceptors (Lipinski definition) is 27. The van der Waals surface area contributed by atoms with Crippen LogP contribution in [0.1, 0.15) is 0 Å². The summed E-state index contributed by atoms with van der Waals surface area (Å²) < 4.78 is 174. The second kappa shape index (κ2) is 27.2. The maximum absolute atomic E-state index is 11.7. The molecule has 0 amide bonds. The number of carbonyl (C=O) groups is 2. The van der Waals surface area contributed by atoms with E-state index in [-0.39, 0.29) is 183 Å². The molecule has 0 radical (unpaired) electrons. The Morgan fingerprint density at radius 3 is 1.71 bits per heavy atom. The van der Waals surface area contributed by atoms with Crippen LogP contribution in [-0.2, 0) is 87.3 Å². The number of carboxylic acid groups (broad SMARTS) is 2. The van der Waals surface area contributed by atoms with Crippen LogP contribution < -0.4 is 192 Å². The number of nitrogens with one attached hydrogen (secondary N) is 1. The van der Waals surface area contributed by atoms with Gasteiger partial charge in [0.05, 0.1) is 19.2 Å². The van der Waals surface area contributed by atoms with Crippen molar-refractivity contribution in [3.05, 3.63) is 11.8 Å². The Bertz CT molecular complexity index is 1750. The van der Waals surface area contributed by atoms with E-state index in [2.05, 4.69) is 12.5 Å². The summed E-state index contributed by atoms with van der Waals surface area (Å²) in [7, 11) is -23.0. The number of rotatable bonds is 15. The van der Waals surface area contributed by atoms with Gasteiger partial charge in [0.15, 0.2) is 22.7 Å². The number of carboxylic acids is 2. The van der Waals surface area contributed by atoms with Crippen molar-refractivity contribution in [2.75, 3.05) is 13.2 Å². The number of carbonyl (C=O) groups excluding carboxylic acids is 2. The van der Waals surface area contributed by atoms with Crippen molar-refractivity contribution in [1.82, 2.24) is 4.72 Å². The molecule has 38 heteroatoms. The smallest absolute Gasteiger partial charge is 0.735 e. The minimum absolute atomic E-state index is 0. The van der Waals surface area contributed by atoms with E-state index >= 15 is 0 Å². The van der Waals surface area contributed by atoms with Crippen molar-refractivity contribution in [3.8, 4) is 0 Å². The van der Waals surface area contributed by atoms with Crippen LogP contribution in [0.15, 0.2) is 11.8 Å². The van der Waals surface area contributed by atoms with Crippen LogP contribution in [0, 0.1) is 0 Å². The van der Waals surface area contributed by atoms with E-state index in [1.807, 2.05) is 0 Å². The van der Waals surface area contributed by atoms with Crippen LogP contribution in [0.5, 0.6) is 0 Å². The normalized spacial score (nSPS) is 32.0. The fourth-order valence-corrected chi connectivity index (χ4v) is 6.40. The summed E-state index contributed by atoms with van der Waals surface area (Å²) in [5.74, 6) is -5.81. The van der Waals surface area contributed by atoms with Gasteiger partial charge < -0.3 is 77.0 Å². The summed E-state index contributed by atoms with van der Waals surface area (Å²) in [6, 6.07) is -2.66. The number of aliphatic hydroxyl groups is 3. The van der Waals surface area contributed by atoms with Crippen molar-refractivity contribution < 1.29 is 301 Å². The minimum Gasteiger partial charge on any atom is -0.735 e. The summed E-state index contributed by atoms with van der Waals surface area (Å²) in [5.41, 5.74) is 0. The van der Waals surface area contributed by atoms with Crippen molar-refractivity contribution in [2.24, 2.45) is 0 Å². The molecule has 56 heavy (non-hydrogen) atoms. The Morgan fingerprint density at radius 2 is 1.27 bits per heavy atom. The van der Waals surface area contributed by atoms with Crippen LogP contribution >= 0.6 is 0 Å². The predicted molar refractivity (Wildman–Crippen MR) is 131 cm³/mol. The van der Waals surface area contributed by atoms with Gasteiger partial charge in [0, 0.05) is 0 Å². The van der Waals surface area contributed by atoms with E-state index in [9.17, 15) is 87.0 Å². The monoisotopic (exact) mass is 949 g/mol. The quantitative estimate of drug-likeness (QED) is 0.0672. The summed E-state index contributed by atoms with van der Waals surface area (Å²) in [6.07, 6.45) is -27.8. The van der Waals surface area contributed by atoms with Crippen LogP contribution in [0.4, 0.5) is 0 Å². The molecule has 0 aromatic heterocycles. The third-order valence-corrected chi connectivity index (χ3v) is 8.37. The standard InChI is InChI=1S/C18H27NO27S4.6Na/c20-4-1-5(15(23)24)41-18(11(4)46-50(36,37)38)43-12-7(3-40-48(30,31)32)42-17(8(10(12)22)19-47(27,28)29)44-13-9(21)6(45-49(33,34)35)2-39-14(13)16(25)26;;;;;;/h1,4,6-14,17-22H,2-3H2,(H,23,24)(H,25,26)(H,27,28,29)(H,30,31,32)(H,33,34,35)(H,36,37,38);;;;;;/q;6*+1/p-6/t4-,6-,7?,8+,9+,10+,11+,12?,13?,14?,17?,18-;;;;;;/m0....../s1. The number of aliphatic hydroxyl groups excluding tert-OH is 3. The first-order chi connectivity index (χ1) is 22.7. The fourth-order valence-electron chi connectivity index (χ4n) is 4.57. The van der Waals surface area contributed by atoms with Gasteiger partial charge in [0.25, 0.3) is 0 Å². The SMILES string of the molecule is O=C([O-])C1=C[C@H](O)[C@@H](OS(=O)(=O)[O-])[C@H](OC2C(COS(=O)(=O)[O-])OC(OC3C(C(=O)[O-])OC[C@H](OS(=O)(=O)[O-])[C@H]3O)[C@H](NS(=O)(=O)[O-])[C@H]2O)O1.[Na+].[Na+].[Na+].[Na+].[Na+].[Na+]. The summed E-state index contributed by atoms with van der Waals surface area (Å²) in [6.45, 7) is -2.78.